The van der Waals surface area contributed by atoms with Gasteiger partial charge in [0.1, 0.15) is 11.6 Å². The normalized spacial score (nSPS) is 10.7. The fraction of sp³-hybridized carbons (Fsp3) is 0.200. The third-order valence-electron chi connectivity index (χ3n) is 1.41. The van der Waals surface area contributed by atoms with Gasteiger partial charge in [-0.05, 0) is 30.7 Å². The largest absolute Gasteiger partial charge is 0.501 e. The molecule has 0 aliphatic heterocycles. The first-order chi connectivity index (χ1) is 6.22. The second kappa shape index (κ2) is 4.60. The average Bonchev–Trinajstić information content (AvgIpc) is 2.03. The second-order valence-electron chi connectivity index (χ2n) is 2.46. The minimum atomic E-state index is -0.587. The number of halogens is 2. The highest BCUT2D eigenvalue weighted by Gasteiger charge is 1.96. The van der Waals surface area contributed by atoms with Gasteiger partial charge in [0, 0.05) is 6.07 Å². The summed E-state index contributed by atoms with van der Waals surface area (Å²) in [5.74, 6) is -1.17. The maximum Gasteiger partial charge on any atom is 0.126 e. The van der Waals surface area contributed by atoms with Gasteiger partial charge in [-0.2, -0.15) is 0 Å². The van der Waals surface area contributed by atoms with Crippen LogP contribution < -0.4 is 0 Å². The van der Waals surface area contributed by atoms with Crippen molar-refractivity contribution in [3.63, 3.8) is 0 Å². The van der Waals surface area contributed by atoms with Crippen molar-refractivity contribution >= 4 is 6.08 Å². The highest BCUT2D eigenvalue weighted by Crippen LogP contribution is 2.09. The lowest BCUT2D eigenvalue weighted by atomic mass is 10.2. The first-order valence-electron chi connectivity index (χ1n) is 3.96. The Balaban J connectivity index is 2.77. The van der Waals surface area contributed by atoms with Crippen molar-refractivity contribution in [3.05, 3.63) is 41.7 Å². The zero-order chi connectivity index (χ0) is 9.68. The fourth-order valence-electron chi connectivity index (χ4n) is 0.894. The predicted molar refractivity (Wildman–Crippen MR) is 47.0 cm³/mol. The van der Waals surface area contributed by atoms with Gasteiger partial charge in [0.15, 0.2) is 0 Å². The van der Waals surface area contributed by atoms with Crippen molar-refractivity contribution < 1.29 is 13.5 Å². The van der Waals surface area contributed by atoms with Gasteiger partial charge in [0.05, 0.1) is 12.9 Å². The topological polar surface area (TPSA) is 9.23 Å². The lowest BCUT2D eigenvalue weighted by molar-refractivity contribution is 0.272. The molecule has 0 atom stereocenters. The van der Waals surface area contributed by atoms with E-state index in [1.165, 1.54) is 24.5 Å². The van der Waals surface area contributed by atoms with E-state index in [0.717, 1.165) is 6.07 Å². The summed E-state index contributed by atoms with van der Waals surface area (Å²) in [7, 11) is 0. The Morgan fingerprint density at radius 3 is 2.38 bits per heavy atom. The van der Waals surface area contributed by atoms with Crippen molar-refractivity contribution in [2.75, 3.05) is 6.61 Å². The molecule has 13 heavy (non-hydrogen) atoms. The van der Waals surface area contributed by atoms with Crippen LogP contribution in [0.25, 0.3) is 6.08 Å². The van der Waals surface area contributed by atoms with E-state index < -0.39 is 11.6 Å². The first-order valence-corrected chi connectivity index (χ1v) is 3.96. The van der Waals surface area contributed by atoms with Gasteiger partial charge in [-0.15, -0.1) is 0 Å². The summed E-state index contributed by atoms with van der Waals surface area (Å²) in [5, 5.41) is 0. The molecule has 0 aliphatic carbocycles. The van der Waals surface area contributed by atoms with E-state index in [0.29, 0.717) is 12.2 Å². The Morgan fingerprint density at radius 1 is 1.23 bits per heavy atom. The lowest BCUT2D eigenvalue weighted by Crippen LogP contribution is -1.82. The van der Waals surface area contributed by atoms with Crippen LogP contribution in [0, 0.1) is 11.6 Å². The van der Waals surface area contributed by atoms with Crippen LogP contribution in [0.2, 0.25) is 0 Å². The number of hydrogen-bond acceptors (Lipinski definition) is 1. The van der Waals surface area contributed by atoms with Crippen molar-refractivity contribution in [1.82, 2.24) is 0 Å². The fourth-order valence-corrected chi connectivity index (χ4v) is 0.894. The Bertz CT molecular complexity index is 288. The molecule has 0 unspecified atom stereocenters. The standard InChI is InChI=1S/C10H10F2O/c1-2-13-4-3-8-5-9(11)7-10(12)6-8/h3-7H,2H2,1H3/b4-3+. The van der Waals surface area contributed by atoms with E-state index in [2.05, 4.69) is 0 Å². The summed E-state index contributed by atoms with van der Waals surface area (Å²) >= 11 is 0. The van der Waals surface area contributed by atoms with E-state index >= 15 is 0 Å². The molecule has 0 amide bonds. The van der Waals surface area contributed by atoms with Gasteiger partial charge >= 0.3 is 0 Å². The second-order valence-corrected chi connectivity index (χ2v) is 2.46. The molecule has 1 aromatic rings. The van der Waals surface area contributed by atoms with Crippen LogP contribution in [0.15, 0.2) is 24.5 Å². The molecule has 0 radical (unpaired) electrons. The van der Waals surface area contributed by atoms with Gasteiger partial charge in [0.2, 0.25) is 0 Å². The highest BCUT2D eigenvalue weighted by molar-refractivity contribution is 5.48. The van der Waals surface area contributed by atoms with Crippen molar-refractivity contribution in [3.8, 4) is 0 Å². The van der Waals surface area contributed by atoms with E-state index in [1.54, 1.807) is 0 Å². The number of ether oxygens (including phenoxy) is 1. The smallest absolute Gasteiger partial charge is 0.126 e. The van der Waals surface area contributed by atoms with Crippen molar-refractivity contribution in [2.45, 2.75) is 6.92 Å². The first kappa shape index (κ1) is 9.71. The summed E-state index contributed by atoms with van der Waals surface area (Å²) in [6, 6.07) is 3.30. The average molecular weight is 184 g/mol. The molecule has 0 N–H and O–H groups in total. The Labute approximate surface area is 75.6 Å². The minimum Gasteiger partial charge on any atom is -0.501 e. The van der Waals surface area contributed by atoms with Crippen LogP contribution >= 0.6 is 0 Å². The Kier molecular flexibility index (Phi) is 3.43. The number of hydrogen-bond donors (Lipinski definition) is 0. The van der Waals surface area contributed by atoms with E-state index in [-0.39, 0.29) is 0 Å². The highest BCUT2D eigenvalue weighted by atomic mass is 19.1. The van der Waals surface area contributed by atoms with Gasteiger partial charge in [-0.3, -0.25) is 0 Å². The van der Waals surface area contributed by atoms with Crippen LogP contribution in [0.4, 0.5) is 8.78 Å². The zero-order valence-corrected chi connectivity index (χ0v) is 7.26. The summed E-state index contributed by atoms with van der Waals surface area (Å²) in [6.07, 6.45) is 2.92. The number of benzene rings is 1. The molecular weight excluding hydrogens is 174 g/mol. The predicted octanol–water partition coefficient (Wildman–Crippen LogP) is 2.97. The molecule has 3 heteroatoms. The van der Waals surface area contributed by atoms with E-state index in [9.17, 15) is 8.78 Å². The monoisotopic (exact) mass is 184 g/mol. The zero-order valence-electron chi connectivity index (χ0n) is 7.26. The summed E-state index contributed by atoms with van der Waals surface area (Å²) in [5.41, 5.74) is 0.450. The van der Waals surface area contributed by atoms with E-state index in [4.69, 9.17) is 4.74 Å². The summed E-state index contributed by atoms with van der Waals surface area (Å²) in [4.78, 5) is 0. The van der Waals surface area contributed by atoms with Crippen LogP contribution in [0.5, 0.6) is 0 Å². The summed E-state index contributed by atoms with van der Waals surface area (Å²) < 4.78 is 30.1. The molecule has 0 bridgehead atoms. The van der Waals surface area contributed by atoms with Crippen molar-refractivity contribution in [1.29, 1.82) is 0 Å². The minimum absolute atomic E-state index is 0.450. The quantitative estimate of drug-likeness (QED) is 0.656. The molecule has 1 nitrogen and oxygen atoms in total. The molecule has 0 spiro atoms. The molecule has 0 aliphatic rings. The lowest BCUT2D eigenvalue weighted by Gasteiger charge is -1.96. The Morgan fingerprint density at radius 2 is 1.85 bits per heavy atom. The molecule has 0 heterocycles. The van der Waals surface area contributed by atoms with Crippen LogP contribution in [-0.2, 0) is 4.74 Å². The third kappa shape index (κ3) is 3.23. The maximum absolute atomic E-state index is 12.6. The van der Waals surface area contributed by atoms with Crippen LogP contribution in [-0.4, -0.2) is 6.61 Å². The van der Waals surface area contributed by atoms with Gasteiger partial charge < -0.3 is 4.74 Å². The number of rotatable bonds is 3. The SMILES string of the molecule is CCO/C=C/c1cc(F)cc(F)c1. The molecule has 0 saturated heterocycles. The Hall–Kier alpha value is -1.38. The molecule has 0 saturated carbocycles. The van der Waals surface area contributed by atoms with Gasteiger partial charge in [0.25, 0.3) is 0 Å². The van der Waals surface area contributed by atoms with Crippen LogP contribution in [0.3, 0.4) is 0 Å². The molecule has 0 aromatic heterocycles. The maximum atomic E-state index is 12.6. The van der Waals surface area contributed by atoms with Gasteiger partial charge in [-0.25, -0.2) is 8.78 Å². The molecule has 1 rings (SSSR count). The third-order valence-corrected chi connectivity index (χ3v) is 1.41. The van der Waals surface area contributed by atoms with Crippen molar-refractivity contribution in [2.24, 2.45) is 0 Å². The molecule has 70 valence electrons. The van der Waals surface area contributed by atoms with Crippen LogP contribution in [0.1, 0.15) is 12.5 Å². The molecular formula is C10H10F2O. The summed E-state index contributed by atoms with van der Waals surface area (Å²) in [6.45, 7) is 2.37. The molecule has 0 fully saturated rings. The van der Waals surface area contributed by atoms with Gasteiger partial charge in [-0.1, -0.05) is 0 Å². The van der Waals surface area contributed by atoms with E-state index in [1.807, 2.05) is 6.92 Å². The molecule has 1 aromatic carbocycles.